The highest BCUT2D eigenvalue weighted by Gasteiger charge is 2.26. The molecule has 0 saturated heterocycles. The minimum atomic E-state index is -0.484. The molecule has 3 heterocycles. The number of hydrogen-bond donors (Lipinski definition) is 3. The van der Waals surface area contributed by atoms with Crippen LogP contribution in [0.3, 0.4) is 0 Å². The Kier molecular flexibility index (Phi) is 3.90. The lowest BCUT2D eigenvalue weighted by Gasteiger charge is -2.25. The van der Waals surface area contributed by atoms with Gasteiger partial charge in [-0.25, -0.2) is 15.0 Å². The number of hydrogen-bond acceptors (Lipinski definition) is 6. The van der Waals surface area contributed by atoms with Crippen molar-refractivity contribution in [3.05, 3.63) is 65.6 Å². The van der Waals surface area contributed by atoms with Gasteiger partial charge in [-0.05, 0) is 36.2 Å². The van der Waals surface area contributed by atoms with Gasteiger partial charge in [-0.1, -0.05) is 18.2 Å². The average molecular weight is 386 g/mol. The first kappa shape index (κ1) is 17.2. The molecule has 1 amide bonds. The monoisotopic (exact) mass is 386 g/mol. The molecule has 0 saturated carbocycles. The topological polar surface area (TPSA) is 133 Å². The number of ether oxygens (including phenoxy) is 1. The van der Waals surface area contributed by atoms with Crippen molar-refractivity contribution in [1.29, 1.82) is 0 Å². The molecule has 0 fully saturated rings. The highest BCUT2D eigenvalue weighted by molar-refractivity contribution is 5.96. The molecule has 144 valence electrons. The van der Waals surface area contributed by atoms with E-state index in [1.807, 2.05) is 36.4 Å². The van der Waals surface area contributed by atoms with Crippen LogP contribution in [-0.2, 0) is 6.42 Å². The molecule has 29 heavy (non-hydrogen) atoms. The van der Waals surface area contributed by atoms with Crippen LogP contribution in [0.2, 0.25) is 0 Å². The number of anilines is 1. The van der Waals surface area contributed by atoms with E-state index in [1.54, 1.807) is 12.3 Å². The molecule has 2 aromatic carbocycles. The first-order valence-electron chi connectivity index (χ1n) is 9.21. The van der Waals surface area contributed by atoms with Crippen LogP contribution >= 0.6 is 0 Å². The van der Waals surface area contributed by atoms with Gasteiger partial charge >= 0.3 is 0 Å². The number of primary amides is 1. The summed E-state index contributed by atoms with van der Waals surface area (Å²) in [4.78, 5) is 28.0. The van der Waals surface area contributed by atoms with Gasteiger partial charge in [-0.3, -0.25) is 4.79 Å². The normalized spacial score (nSPS) is 15.7. The number of nitrogen functional groups attached to an aromatic ring is 1. The smallest absolute Gasteiger partial charge is 0.252 e. The third-order valence-electron chi connectivity index (χ3n) is 5.11. The van der Waals surface area contributed by atoms with Crippen LogP contribution in [0.5, 0.6) is 5.75 Å². The van der Waals surface area contributed by atoms with Crippen LogP contribution in [0.4, 0.5) is 5.95 Å². The van der Waals surface area contributed by atoms with Gasteiger partial charge in [-0.15, -0.1) is 0 Å². The maximum absolute atomic E-state index is 11.6. The number of nitrogens with one attached hydrogen (secondary N) is 1. The number of fused-ring (bicyclic) bond motifs is 2. The van der Waals surface area contributed by atoms with Gasteiger partial charge in [0.1, 0.15) is 11.6 Å². The number of nitrogens with zero attached hydrogens (tertiary/aromatic N) is 3. The second-order valence-corrected chi connectivity index (χ2v) is 7.02. The molecule has 1 atom stereocenters. The molecule has 4 aromatic rings. The Bertz CT molecular complexity index is 1250. The Morgan fingerprint density at radius 3 is 2.90 bits per heavy atom. The van der Waals surface area contributed by atoms with E-state index in [9.17, 15) is 4.79 Å². The van der Waals surface area contributed by atoms with Crippen molar-refractivity contribution >= 4 is 22.9 Å². The Balaban J connectivity index is 1.47. The van der Waals surface area contributed by atoms with E-state index in [1.165, 1.54) is 0 Å². The summed E-state index contributed by atoms with van der Waals surface area (Å²) < 4.78 is 5.89. The Hall–Kier alpha value is -3.94. The molecule has 5 N–H and O–H groups in total. The van der Waals surface area contributed by atoms with E-state index in [4.69, 9.17) is 21.2 Å². The van der Waals surface area contributed by atoms with Crippen LogP contribution in [0.15, 0.2) is 48.7 Å². The second kappa shape index (κ2) is 6.59. The molecular weight excluding hydrogens is 368 g/mol. The summed E-state index contributed by atoms with van der Waals surface area (Å²) in [6, 6.07) is 13.2. The van der Waals surface area contributed by atoms with Crippen molar-refractivity contribution in [2.45, 2.75) is 12.3 Å². The fourth-order valence-corrected chi connectivity index (χ4v) is 3.71. The number of rotatable bonds is 3. The number of para-hydroxylation sites is 1. The summed E-state index contributed by atoms with van der Waals surface area (Å²) in [6.45, 7) is 0.423. The maximum Gasteiger partial charge on any atom is 0.252 e. The summed E-state index contributed by atoms with van der Waals surface area (Å²) in [5.74, 6) is 1.23. The highest BCUT2D eigenvalue weighted by atomic mass is 16.5. The second-order valence-electron chi connectivity index (χ2n) is 7.02. The summed E-state index contributed by atoms with van der Waals surface area (Å²) in [7, 11) is 0. The number of aromatic nitrogens is 4. The highest BCUT2D eigenvalue weighted by Crippen LogP contribution is 2.35. The zero-order valence-electron chi connectivity index (χ0n) is 15.4. The molecule has 1 aliphatic heterocycles. The standard InChI is InChI=1S/C21H18N6O2/c22-19(28)14-3-1-2-12-8-13(10-29-18(12)14)20-25-16-5-4-11(9-17(16)26-20)15-6-7-24-21(23)27-15/h1-7,9,13H,8,10H2,(H2,22,28)(H,25,26)(H2,23,24,27). The lowest BCUT2D eigenvalue weighted by molar-refractivity contribution is 0.0994. The third-order valence-corrected chi connectivity index (χ3v) is 5.11. The number of carbonyl (C=O) groups excluding carboxylic acids is 1. The average Bonchev–Trinajstić information content (AvgIpc) is 3.16. The van der Waals surface area contributed by atoms with Gasteiger partial charge in [0, 0.05) is 11.8 Å². The van der Waals surface area contributed by atoms with E-state index in [0.717, 1.165) is 33.7 Å². The zero-order valence-corrected chi connectivity index (χ0v) is 15.4. The predicted octanol–water partition coefficient (Wildman–Crippen LogP) is 2.42. The van der Waals surface area contributed by atoms with Gasteiger partial charge in [0.25, 0.3) is 5.91 Å². The summed E-state index contributed by atoms with van der Waals surface area (Å²) in [6.07, 6.45) is 2.35. The van der Waals surface area contributed by atoms with Crippen molar-refractivity contribution in [1.82, 2.24) is 19.9 Å². The third kappa shape index (κ3) is 3.04. The van der Waals surface area contributed by atoms with E-state index in [-0.39, 0.29) is 11.9 Å². The largest absolute Gasteiger partial charge is 0.492 e. The number of benzene rings is 2. The van der Waals surface area contributed by atoms with Crippen LogP contribution in [0, 0.1) is 0 Å². The molecular formula is C21H18N6O2. The van der Waals surface area contributed by atoms with Crippen LogP contribution < -0.4 is 16.2 Å². The van der Waals surface area contributed by atoms with Crippen molar-refractivity contribution in [2.75, 3.05) is 12.3 Å². The number of H-pyrrole nitrogens is 1. The minimum Gasteiger partial charge on any atom is -0.492 e. The van der Waals surface area contributed by atoms with Crippen LogP contribution in [0.1, 0.15) is 27.7 Å². The van der Waals surface area contributed by atoms with Gasteiger partial charge in [0.05, 0.1) is 34.8 Å². The summed E-state index contributed by atoms with van der Waals surface area (Å²) in [5.41, 5.74) is 16.0. The molecule has 2 aromatic heterocycles. The van der Waals surface area contributed by atoms with Crippen molar-refractivity contribution in [3.63, 3.8) is 0 Å². The lowest BCUT2D eigenvalue weighted by atomic mass is 9.94. The van der Waals surface area contributed by atoms with Crippen molar-refractivity contribution in [2.24, 2.45) is 5.73 Å². The zero-order chi connectivity index (χ0) is 20.0. The van der Waals surface area contributed by atoms with Crippen molar-refractivity contribution in [3.8, 4) is 17.0 Å². The number of nitrogens with two attached hydrogens (primary N) is 2. The van der Waals surface area contributed by atoms with E-state index < -0.39 is 5.91 Å². The molecule has 0 bridgehead atoms. The molecule has 5 rings (SSSR count). The number of carbonyl (C=O) groups is 1. The van der Waals surface area contributed by atoms with Crippen LogP contribution in [-0.4, -0.2) is 32.4 Å². The maximum atomic E-state index is 11.6. The molecule has 1 unspecified atom stereocenters. The molecule has 1 aliphatic rings. The molecule has 8 heteroatoms. The minimum absolute atomic E-state index is 0.0520. The molecule has 8 nitrogen and oxygen atoms in total. The quantitative estimate of drug-likeness (QED) is 0.495. The Labute approximate surface area is 166 Å². The van der Waals surface area contributed by atoms with Gasteiger partial charge in [0.2, 0.25) is 5.95 Å². The first-order valence-corrected chi connectivity index (χ1v) is 9.21. The first-order chi connectivity index (χ1) is 14.1. The Morgan fingerprint density at radius 1 is 1.17 bits per heavy atom. The van der Waals surface area contributed by atoms with E-state index >= 15 is 0 Å². The van der Waals surface area contributed by atoms with Gasteiger partial charge in [-0.2, -0.15) is 0 Å². The molecule has 0 radical (unpaired) electrons. The fourth-order valence-electron chi connectivity index (χ4n) is 3.71. The SMILES string of the molecule is NC(=O)c1cccc2c1OCC(c1nc3ccc(-c4ccnc(N)n4)cc3[nH]1)C2. The van der Waals surface area contributed by atoms with Crippen LogP contribution in [0.25, 0.3) is 22.3 Å². The van der Waals surface area contributed by atoms with Crippen molar-refractivity contribution < 1.29 is 9.53 Å². The summed E-state index contributed by atoms with van der Waals surface area (Å²) >= 11 is 0. The Morgan fingerprint density at radius 2 is 2.07 bits per heavy atom. The number of aromatic amines is 1. The number of imidazole rings is 1. The summed E-state index contributed by atoms with van der Waals surface area (Å²) in [5, 5.41) is 0. The molecule has 0 aliphatic carbocycles. The fraction of sp³-hybridized carbons (Fsp3) is 0.143. The van der Waals surface area contributed by atoms with E-state index in [0.29, 0.717) is 24.3 Å². The van der Waals surface area contributed by atoms with E-state index in [2.05, 4.69) is 15.0 Å². The molecule has 0 spiro atoms. The lowest BCUT2D eigenvalue weighted by Crippen LogP contribution is -2.23. The number of amides is 1. The van der Waals surface area contributed by atoms with Gasteiger partial charge in [0.15, 0.2) is 0 Å². The predicted molar refractivity (Wildman–Crippen MR) is 108 cm³/mol. The van der Waals surface area contributed by atoms with Gasteiger partial charge < -0.3 is 21.2 Å².